The second-order valence-electron chi connectivity index (χ2n) is 4.87. The minimum absolute atomic E-state index is 0.176. The van der Waals surface area contributed by atoms with Crippen molar-refractivity contribution in [1.29, 1.82) is 0 Å². The summed E-state index contributed by atoms with van der Waals surface area (Å²) in [6.07, 6.45) is 7.62. The van der Waals surface area contributed by atoms with Crippen LogP contribution in [0.1, 0.15) is 37.7 Å². The van der Waals surface area contributed by atoms with Gasteiger partial charge in [-0.05, 0) is 58.8 Å². The quantitative estimate of drug-likeness (QED) is 0.482. The summed E-state index contributed by atoms with van der Waals surface area (Å²) in [5.74, 6) is 0.514. The summed E-state index contributed by atoms with van der Waals surface area (Å²) >= 11 is 7.06. The molecule has 0 aromatic heterocycles. The van der Waals surface area contributed by atoms with Crippen LogP contribution in [0, 0.1) is 11.7 Å². The summed E-state index contributed by atoms with van der Waals surface area (Å²) in [6, 6.07) is 5.38. The Morgan fingerprint density at radius 2 is 1.94 bits per heavy atom. The summed E-state index contributed by atoms with van der Waals surface area (Å²) in [4.78, 5) is 0.619. The molecule has 0 heterocycles. The lowest BCUT2D eigenvalue weighted by molar-refractivity contribution is 0.475. The smallest absolute Gasteiger partial charge is 0.137 e. The van der Waals surface area contributed by atoms with Crippen LogP contribution in [0.5, 0.6) is 0 Å². The normalized spacial score (nSPS) is 25.6. The van der Waals surface area contributed by atoms with Crippen molar-refractivity contribution >= 4 is 31.9 Å². The molecule has 1 aromatic rings. The van der Waals surface area contributed by atoms with E-state index in [0.717, 1.165) is 6.42 Å². The third-order valence-electron chi connectivity index (χ3n) is 3.55. The van der Waals surface area contributed by atoms with Crippen molar-refractivity contribution in [3.63, 3.8) is 0 Å². The molecule has 94 valence electrons. The lowest BCUT2D eigenvalue weighted by Crippen LogP contribution is -2.15. The van der Waals surface area contributed by atoms with Gasteiger partial charge in [-0.1, -0.05) is 41.3 Å². The van der Waals surface area contributed by atoms with Crippen LogP contribution in [-0.4, -0.2) is 4.83 Å². The Bertz CT molecular complexity index is 378. The molecule has 3 heteroatoms. The van der Waals surface area contributed by atoms with Crippen molar-refractivity contribution in [3.05, 3.63) is 34.1 Å². The Labute approximate surface area is 119 Å². The first-order chi connectivity index (χ1) is 8.16. The third kappa shape index (κ3) is 3.78. The van der Waals surface area contributed by atoms with Crippen LogP contribution in [0.25, 0.3) is 0 Å². The predicted molar refractivity (Wildman–Crippen MR) is 77.1 cm³/mol. The highest BCUT2D eigenvalue weighted by atomic mass is 79.9. The number of halogens is 3. The van der Waals surface area contributed by atoms with Crippen molar-refractivity contribution in [1.82, 2.24) is 0 Å². The van der Waals surface area contributed by atoms with Gasteiger partial charge < -0.3 is 0 Å². The van der Waals surface area contributed by atoms with E-state index >= 15 is 0 Å². The van der Waals surface area contributed by atoms with E-state index in [1.165, 1.54) is 37.7 Å². The van der Waals surface area contributed by atoms with Gasteiger partial charge in [-0.15, -0.1) is 0 Å². The van der Waals surface area contributed by atoms with Crippen LogP contribution in [0.15, 0.2) is 22.7 Å². The van der Waals surface area contributed by atoms with Gasteiger partial charge in [0.25, 0.3) is 0 Å². The van der Waals surface area contributed by atoms with Crippen LogP contribution in [-0.2, 0) is 6.42 Å². The molecule has 1 aliphatic carbocycles. The van der Waals surface area contributed by atoms with Gasteiger partial charge in [0, 0.05) is 4.83 Å². The van der Waals surface area contributed by atoms with Gasteiger partial charge in [-0.3, -0.25) is 0 Å². The average Bonchev–Trinajstić information content (AvgIpc) is 2.50. The largest absolute Gasteiger partial charge is 0.206 e. The maximum atomic E-state index is 13.2. The standard InChI is InChI=1S/C14H17Br2F/c15-12-5-3-1-2-4-11(12)8-10-6-7-14(17)13(16)9-10/h6-7,9,11-12H,1-5,8H2. The van der Waals surface area contributed by atoms with Gasteiger partial charge in [0.1, 0.15) is 5.82 Å². The number of rotatable bonds is 2. The van der Waals surface area contributed by atoms with Crippen LogP contribution in [0.2, 0.25) is 0 Å². The number of hydrogen-bond acceptors (Lipinski definition) is 0. The molecular weight excluding hydrogens is 347 g/mol. The molecule has 0 bridgehead atoms. The second-order valence-corrected chi connectivity index (χ2v) is 6.90. The van der Waals surface area contributed by atoms with E-state index in [1.807, 2.05) is 12.1 Å². The Balaban J connectivity index is 2.05. The minimum atomic E-state index is -0.176. The molecule has 17 heavy (non-hydrogen) atoms. The average molecular weight is 364 g/mol. The molecule has 0 spiro atoms. The van der Waals surface area contributed by atoms with Crippen LogP contribution in [0.4, 0.5) is 4.39 Å². The fraction of sp³-hybridized carbons (Fsp3) is 0.571. The molecule has 0 N–H and O–H groups in total. The first kappa shape index (κ1) is 13.5. The molecule has 1 fully saturated rings. The SMILES string of the molecule is Fc1ccc(CC2CCCCCC2Br)cc1Br. The van der Waals surface area contributed by atoms with E-state index in [9.17, 15) is 4.39 Å². The molecule has 0 nitrogen and oxygen atoms in total. The highest BCUT2D eigenvalue weighted by Gasteiger charge is 2.21. The maximum absolute atomic E-state index is 13.2. The highest BCUT2D eigenvalue weighted by Crippen LogP contribution is 2.32. The summed E-state index contributed by atoms with van der Waals surface area (Å²) < 4.78 is 13.7. The zero-order valence-electron chi connectivity index (χ0n) is 9.76. The van der Waals surface area contributed by atoms with E-state index in [4.69, 9.17) is 0 Å². The first-order valence-electron chi connectivity index (χ1n) is 6.25. The fourth-order valence-electron chi connectivity index (χ4n) is 2.54. The summed E-state index contributed by atoms with van der Waals surface area (Å²) in [5, 5.41) is 0. The number of hydrogen-bond donors (Lipinski definition) is 0. The highest BCUT2D eigenvalue weighted by molar-refractivity contribution is 9.10. The molecule has 1 aromatic carbocycles. The summed E-state index contributed by atoms with van der Waals surface area (Å²) in [6.45, 7) is 0. The van der Waals surface area contributed by atoms with Gasteiger partial charge in [0.2, 0.25) is 0 Å². The van der Waals surface area contributed by atoms with Gasteiger partial charge in [0.15, 0.2) is 0 Å². The zero-order chi connectivity index (χ0) is 12.3. The molecule has 0 aliphatic heterocycles. The Hall–Kier alpha value is 0.110. The monoisotopic (exact) mass is 362 g/mol. The molecule has 1 aliphatic rings. The zero-order valence-corrected chi connectivity index (χ0v) is 12.9. The third-order valence-corrected chi connectivity index (χ3v) is 5.36. The molecular formula is C14H17Br2F. The maximum Gasteiger partial charge on any atom is 0.137 e. The van der Waals surface area contributed by atoms with E-state index in [-0.39, 0.29) is 5.82 Å². The van der Waals surface area contributed by atoms with Gasteiger partial charge in [-0.2, -0.15) is 0 Å². The number of alkyl halides is 1. The summed E-state index contributed by atoms with van der Waals surface area (Å²) in [5.41, 5.74) is 1.23. The van der Waals surface area contributed by atoms with Crippen LogP contribution in [0.3, 0.4) is 0 Å². The topological polar surface area (TPSA) is 0 Å². The van der Waals surface area contributed by atoms with Crippen molar-refractivity contribution < 1.29 is 4.39 Å². The van der Waals surface area contributed by atoms with Gasteiger partial charge in [-0.25, -0.2) is 4.39 Å². The molecule has 2 unspecified atom stereocenters. The van der Waals surface area contributed by atoms with E-state index in [0.29, 0.717) is 15.2 Å². The van der Waals surface area contributed by atoms with E-state index in [1.54, 1.807) is 6.07 Å². The van der Waals surface area contributed by atoms with Crippen LogP contribution >= 0.6 is 31.9 Å². The fourth-order valence-corrected chi connectivity index (χ4v) is 3.74. The lowest BCUT2D eigenvalue weighted by Gasteiger charge is -2.20. The van der Waals surface area contributed by atoms with Crippen molar-refractivity contribution in [2.75, 3.05) is 0 Å². The molecule has 0 amide bonds. The second kappa shape index (κ2) is 6.33. The Kier molecular flexibility index (Phi) is 5.04. The molecule has 0 radical (unpaired) electrons. The van der Waals surface area contributed by atoms with Crippen molar-refractivity contribution in [2.24, 2.45) is 5.92 Å². The first-order valence-corrected chi connectivity index (χ1v) is 7.95. The van der Waals surface area contributed by atoms with Gasteiger partial charge in [0.05, 0.1) is 4.47 Å². The summed E-state index contributed by atoms with van der Waals surface area (Å²) in [7, 11) is 0. The minimum Gasteiger partial charge on any atom is -0.206 e. The van der Waals surface area contributed by atoms with E-state index in [2.05, 4.69) is 31.9 Å². The van der Waals surface area contributed by atoms with Crippen LogP contribution < -0.4 is 0 Å². The van der Waals surface area contributed by atoms with Gasteiger partial charge >= 0.3 is 0 Å². The van der Waals surface area contributed by atoms with E-state index < -0.39 is 0 Å². The Morgan fingerprint density at radius 1 is 1.18 bits per heavy atom. The van der Waals surface area contributed by atoms with Crippen molar-refractivity contribution in [2.45, 2.75) is 43.4 Å². The number of benzene rings is 1. The predicted octanol–water partition coefficient (Wildman–Crippen LogP) is 5.47. The Morgan fingerprint density at radius 3 is 2.71 bits per heavy atom. The lowest BCUT2D eigenvalue weighted by atomic mass is 9.92. The molecule has 2 atom stereocenters. The molecule has 1 saturated carbocycles. The van der Waals surface area contributed by atoms with Crippen molar-refractivity contribution in [3.8, 4) is 0 Å². The molecule has 2 rings (SSSR count). The molecule has 0 saturated heterocycles.